The zero-order chi connectivity index (χ0) is 9.97. The molecular formula is C11H17NO2. The monoisotopic (exact) mass is 195 g/mol. The van der Waals surface area contributed by atoms with Crippen molar-refractivity contribution >= 4 is 0 Å². The number of aliphatic hydroxyl groups is 1. The van der Waals surface area contributed by atoms with Crippen LogP contribution in [-0.4, -0.2) is 22.8 Å². The van der Waals surface area contributed by atoms with E-state index in [0.717, 1.165) is 25.0 Å². The van der Waals surface area contributed by atoms with Gasteiger partial charge in [-0.1, -0.05) is 6.92 Å². The fourth-order valence-corrected chi connectivity index (χ4v) is 2.21. The number of rotatable bonds is 3. The van der Waals surface area contributed by atoms with Crippen LogP contribution in [-0.2, 0) is 4.74 Å². The highest BCUT2D eigenvalue weighted by Crippen LogP contribution is 2.34. The summed E-state index contributed by atoms with van der Waals surface area (Å²) >= 11 is 0. The fourth-order valence-electron chi connectivity index (χ4n) is 2.21. The number of hydrogen-bond acceptors (Lipinski definition) is 2. The van der Waals surface area contributed by atoms with Gasteiger partial charge in [0.05, 0.1) is 12.2 Å². The lowest BCUT2D eigenvalue weighted by Gasteiger charge is -2.21. The summed E-state index contributed by atoms with van der Waals surface area (Å²) in [6, 6.07) is 1.93. The third kappa shape index (κ3) is 1.70. The SMILES string of the molecule is CCC1OCCC1C(O)c1cc[nH]c1. The molecule has 3 unspecified atom stereocenters. The third-order valence-corrected chi connectivity index (χ3v) is 3.03. The summed E-state index contributed by atoms with van der Waals surface area (Å²) in [5.41, 5.74) is 0.971. The first-order valence-corrected chi connectivity index (χ1v) is 5.25. The molecule has 2 rings (SSSR count). The van der Waals surface area contributed by atoms with E-state index in [1.807, 2.05) is 18.5 Å². The molecule has 1 aromatic heterocycles. The fraction of sp³-hybridized carbons (Fsp3) is 0.636. The lowest BCUT2D eigenvalue weighted by molar-refractivity contribution is 0.0308. The first kappa shape index (κ1) is 9.74. The minimum atomic E-state index is -0.381. The molecule has 1 saturated heterocycles. The van der Waals surface area contributed by atoms with Gasteiger partial charge in [0.2, 0.25) is 0 Å². The Balaban J connectivity index is 2.07. The van der Waals surface area contributed by atoms with Crippen molar-refractivity contribution in [2.24, 2.45) is 5.92 Å². The maximum absolute atomic E-state index is 10.1. The summed E-state index contributed by atoms with van der Waals surface area (Å²) in [6.07, 6.45) is 5.48. The third-order valence-electron chi connectivity index (χ3n) is 3.03. The Bertz CT molecular complexity index is 271. The molecule has 3 nitrogen and oxygen atoms in total. The van der Waals surface area contributed by atoms with Gasteiger partial charge in [-0.3, -0.25) is 0 Å². The van der Waals surface area contributed by atoms with Crippen LogP contribution in [0.25, 0.3) is 0 Å². The van der Waals surface area contributed by atoms with E-state index in [0.29, 0.717) is 0 Å². The van der Waals surface area contributed by atoms with E-state index in [-0.39, 0.29) is 18.1 Å². The molecule has 78 valence electrons. The first-order valence-electron chi connectivity index (χ1n) is 5.25. The second kappa shape index (κ2) is 4.15. The summed E-state index contributed by atoms with van der Waals surface area (Å²) in [6.45, 7) is 2.89. The van der Waals surface area contributed by atoms with Gasteiger partial charge in [-0.05, 0) is 24.5 Å². The van der Waals surface area contributed by atoms with Gasteiger partial charge in [-0.15, -0.1) is 0 Å². The van der Waals surface area contributed by atoms with Gasteiger partial charge in [0.25, 0.3) is 0 Å². The molecule has 0 spiro atoms. The molecule has 1 aromatic rings. The van der Waals surface area contributed by atoms with Crippen LogP contribution in [0.2, 0.25) is 0 Å². The van der Waals surface area contributed by atoms with Gasteiger partial charge >= 0.3 is 0 Å². The molecular weight excluding hydrogens is 178 g/mol. The molecule has 14 heavy (non-hydrogen) atoms. The van der Waals surface area contributed by atoms with Crippen molar-refractivity contribution in [1.29, 1.82) is 0 Å². The van der Waals surface area contributed by atoms with Crippen molar-refractivity contribution in [2.45, 2.75) is 32.0 Å². The van der Waals surface area contributed by atoms with E-state index in [1.54, 1.807) is 0 Å². The molecule has 1 aliphatic rings. The van der Waals surface area contributed by atoms with Gasteiger partial charge in [0.15, 0.2) is 0 Å². The van der Waals surface area contributed by atoms with Crippen molar-refractivity contribution in [3.05, 3.63) is 24.0 Å². The second-order valence-electron chi connectivity index (χ2n) is 3.86. The summed E-state index contributed by atoms with van der Waals surface area (Å²) < 4.78 is 5.56. The topological polar surface area (TPSA) is 45.2 Å². The standard InChI is InChI=1S/C11H17NO2/c1-2-10-9(4-6-14-10)11(13)8-3-5-12-7-8/h3,5,7,9-13H,2,4,6H2,1H3. The lowest BCUT2D eigenvalue weighted by Crippen LogP contribution is -2.21. The highest BCUT2D eigenvalue weighted by atomic mass is 16.5. The van der Waals surface area contributed by atoms with E-state index in [4.69, 9.17) is 4.74 Å². The van der Waals surface area contributed by atoms with Crippen molar-refractivity contribution < 1.29 is 9.84 Å². The maximum atomic E-state index is 10.1. The molecule has 0 bridgehead atoms. The van der Waals surface area contributed by atoms with Gasteiger partial charge in [0, 0.05) is 24.9 Å². The van der Waals surface area contributed by atoms with Crippen LogP contribution in [0, 0.1) is 5.92 Å². The van der Waals surface area contributed by atoms with Crippen LogP contribution >= 0.6 is 0 Å². The average molecular weight is 195 g/mol. The van der Waals surface area contributed by atoms with Crippen LogP contribution in [0.1, 0.15) is 31.4 Å². The van der Waals surface area contributed by atoms with Crippen LogP contribution < -0.4 is 0 Å². The number of aromatic nitrogens is 1. The summed E-state index contributed by atoms with van der Waals surface area (Å²) in [5, 5.41) is 10.1. The predicted molar refractivity (Wildman–Crippen MR) is 53.9 cm³/mol. The smallest absolute Gasteiger partial charge is 0.0858 e. The van der Waals surface area contributed by atoms with Crippen LogP contribution in [0.3, 0.4) is 0 Å². The molecule has 3 heteroatoms. The van der Waals surface area contributed by atoms with Crippen molar-refractivity contribution in [3.63, 3.8) is 0 Å². The highest BCUT2D eigenvalue weighted by molar-refractivity contribution is 5.13. The number of aliphatic hydroxyl groups excluding tert-OH is 1. The Kier molecular flexibility index (Phi) is 2.89. The van der Waals surface area contributed by atoms with E-state index in [1.165, 1.54) is 0 Å². The summed E-state index contributed by atoms with van der Waals surface area (Å²) in [4.78, 5) is 2.97. The minimum Gasteiger partial charge on any atom is -0.388 e. The van der Waals surface area contributed by atoms with Crippen molar-refractivity contribution in [1.82, 2.24) is 4.98 Å². The number of aromatic amines is 1. The molecule has 0 radical (unpaired) electrons. The molecule has 0 amide bonds. The van der Waals surface area contributed by atoms with Gasteiger partial charge in [-0.2, -0.15) is 0 Å². The van der Waals surface area contributed by atoms with Crippen LogP contribution in [0.4, 0.5) is 0 Å². The Morgan fingerprint density at radius 3 is 3.21 bits per heavy atom. The Morgan fingerprint density at radius 1 is 1.71 bits per heavy atom. The molecule has 2 N–H and O–H groups in total. The van der Waals surface area contributed by atoms with Crippen LogP contribution in [0.5, 0.6) is 0 Å². The number of hydrogen-bond donors (Lipinski definition) is 2. The van der Waals surface area contributed by atoms with Crippen molar-refractivity contribution in [3.8, 4) is 0 Å². The minimum absolute atomic E-state index is 0.222. The predicted octanol–water partition coefficient (Wildman–Crippen LogP) is 1.86. The molecule has 1 aliphatic heterocycles. The van der Waals surface area contributed by atoms with Crippen molar-refractivity contribution in [2.75, 3.05) is 6.61 Å². The van der Waals surface area contributed by atoms with E-state index in [9.17, 15) is 5.11 Å². The second-order valence-corrected chi connectivity index (χ2v) is 3.86. The van der Waals surface area contributed by atoms with Gasteiger partial charge in [-0.25, -0.2) is 0 Å². The van der Waals surface area contributed by atoms with E-state index in [2.05, 4.69) is 11.9 Å². The zero-order valence-electron chi connectivity index (χ0n) is 8.44. The summed E-state index contributed by atoms with van der Waals surface area (Å²) in [5.74, 6) is 0.260. The van der Waals surface area contributed by atoms with Gasteiger partial charge in [0.1, 0.15) is 0 Å². The highest BCUT2D eigenvalue weighted by Gasteiger charge is 2.33. The average Bonchev–Trinajstić information content (AvgIpc) is 2.87. The largest absolute Gasteiger partial charge is 0.388 e. The molecule has 0 aliphatic carbocycles. The number of nitrogens with one attached hydrogen (secondary N) is 1. The molecule has 0 saturated carbocycles. The number of ether oxygens (including phenoxy) is 1. The Labute approximate surface area is 84.1 Å². The Morgan fingerprint density at radius 2 is 2.57 bits per heavy atom. The Hall–Kier alpha value is -0.800. The first-order chi connectivity index (χ1) is 6.83. The number of H-pyrrole nitrogens is 1. The van der Waals surface area contributed by atoms with E-state index >= 15 is 0 Å². The van der Waals surface area contributed by atoms with E-state index < -0.39 is 0 Å². The quantitative estimate of drug-likeness (QED) is 0.773. The lowest BCUT2D eigenvalue weighted by atomic mass is 9.90. The zero-order valence-corrected chi connectivity index (χ0v) is 8.44. The molecule has 0 aromatic carbocycles. The molecule has 1 fully saturated rings. The summed E-state index contributed by atoms with van der Waals surface area (Å²) in [7, 11) is 0. The molecule has 3 atom stereocenters. The molecule has 2 heterocycles. The van der Waals surface area contributed by atoms with Crippen LogP contribution in [0.15, 0.2) is 18.5 Å². The van der Waals surface area contributed by atoms with Gasteiger partial charge < -0.3 is 14.8 Å². The maximum Gasteiger partial charge on any atom is 0.0858 e. The normalized spacial score (nSPS) is 29.3.